The zero-order chi connectivity index (χ0) is 15.9. The summed E-state index contributed by atoms with van der Waals surface area (Å²) in [5.74, 6) is 0.0238. The standard InChI is InChI=1S/C18H21BrN2O/c1-21(18(22)15-8-5-9-16(19)13-15)17(10-11-20)12-14-6-3-2-4-7-14/h2-9,13,17H,10-12,20H2,1H3. The topological polar surface area (TPSA) is 46.3 Å². The largest absolute Gasteiger partial charge is 0.338 e. The van der Waals surface area contributed by atoms with Gasteiger partial charge < -0.3 is 10.6 Å². The van der Waals surface area contributed by atoms with E-state index in [2.05, 4.69) is 28.1 Å². The molecule has 4 heteroatoms. The first-order valence-corrected chi connectivity index (χ1v) is 8.18. The maximum atomic E-state index is 12.7. The van der Waals surface area contributed by atoms with Crippen molar-refractivity contribution in [3.8, 4) is 0 Å². The minimum atomic E-state index is 0.0238. The van der Waals surface area contributed by atoms with E-state index in [1.165, 1.54) is 5.56 Å². The summed E-state index contributed by atoms with van der Waals surface area (Å²) in [6.45, 7) is 0.563. The van der Waals surface area contributed by atoms with Gasteiger partial charge in [0.1, 0.15) is 0 Å². The lowest BCUT2D eigenvalue weighted by molar-refractivity contribution is 0.0725. The van der Waals surface area contributed by atoms with Gasteiger partial charge >= 0.3 is 0 Å². The third kappa shape index (κ3) is 4.42. The fourth-order valence-corrected chi connectivity index (χ4v) is 2.90. The quantitative estimate of drug-likeness (QED) is 0.856. The predicted molar refractivity (Wildman–Crippen MR) is 93.8 cm³/mol. The fourth-order valence-electron chi connectivity index (χ4n) is 2.50. The van der Waals surface area contributed by atoms with Gasteiger partial charge in [-0.05, 0) is 43.1 Å². The van der Waals surface area contributed by atoms with Crippen LogP contribution in [-0.4, -0.2) is 30.4 Å². The summed E-state index contributed by atoms with van der Waals surface area (Å²) in [5, 5.41) is 0. The van der Waals surface area contributed by atoms with E-state index in [0.29, 0.717) is 12.1 Å². The van der Waals surface area contributed by atoms with Crippen LogP contribution in [0.5, 0.6) is 0 Å². The molecule has 0 bridgehead atoms. The Morgan fingerprint density at radius 1 is 1.18 bits per heavy atom. The van der Waals surface area contributed by atoms with Crippen LogP contribution in [0.15, 0.2) is 59.1 Å². The molecule has 116 valence electrons. The first-order chi connectivity index (χ1) is 10.6. The van der Waals surface area contributed by atoms with Crippen LogP contribution < -0.4 is 5.73 Å². The highest BCUT2D eigenvalue weighted by Gasteiger charge is 2.21. The zero-order valence-electron chi connectivity index (χ0n) is 12.7. The molecule has 0 saturated heterocycles. The molecule has 0 radical (unpaired) electrons. The van der Waals surface area contributed by atoms with Crippen molar-refractivity contribution >= 4 is 21.8 Å². The SMILES string of the molecule is CN(C(=O)c1cccc(Br)c1)C(CCN)Cc1ccccc1. The van der Waals surface area contributed by atoms with Crippen molar-refractivity contribution in [2.24, 2.45) is 5.73 Å². The molecule has 2 aromatic carbocycles. The Hall–Kier alpha value is -1.65. The van der Waals surface area contributed by atoms with Crippen LogP contribution in [0.4, 0.5) is 0 Å². The van der Waals surface area contributed by atoms with E-state index < -0.39 is 0 Å². The Bertz CT molecular complexity index is 615. The summed E-state index contributed by atoms with van der Waals surface area (Å²) < 4.78 is 0.908. The second-order valence-electron chi connectivity index (χ2n) is 5.35. The van der Waals surface area contributed by atoms with Gasteiger partial charge in [0, 0.05) is 23.1 Å². The van der Waals surface area contributed by atoms with E-state index in [-0.39, 0.29) is 11.9 Å². The monoisotopic (exact) mass is 360 g/mol. The van der Waals surface area contributed by atoms with Crippen molar-refractivity contribution in [2.75, 3.05) is 13.6 Å². The first kappa shape index (κ1) is 16.7. The molecule has 0 aliphatic heterocycles. The summed E-state index contributed by atoms with van der Waals surface area (Å²) >= 11 is 3.41. The lowest BCUT2D eigenvalue weighted by Gasteiger charge is -2.28. The van der Waals surface area contributed by atoms with E-state index in [9.17, 15) is 4.79 Å². The molecule has 2 aromatic rings. The van der Waals surface area contributed by atoms with Gasteiger partial charge in [-0.3, -0.25) is 4.79 Å². The van der Waals surface area contributed by atoms with Gasteiger partial charge in [-0.15, -0.1) is 0 Å². The number of amides is 1. The first-order valence-electron chi connectivity index (χ1n) is 7.38. The van der Waals surface area contributed by atoms with Crippen LogP contribution in [0, 0.1) is 0 Å². The number of rotatable bonds is 6. The molecule has 0 aliphatic rings. The highest BCUT2D eigenvalue weighted by molar-refractivity contribution is 9.10. The smallest absolute Gasteiger partial charge is 0.253 e. The third-order valence-corrected chi connectivity index (χ3v) is 4.25. The van der Waals surface area contributed by atoms with E-state index in [0.717, 1.165) is 17.3 Å². The molecule has 0 aliphatic carbocycles. The average Bonchev–Trinajstić information content (AvgIpc) is 2.54. The normalized spacial score (nSPS) is 12.0. The Morgan fingerprint density at radius 2 is 1.91 bits per heavy atom. The van der Waals surface area contributed by atoms with Gasteiger partial charge in [-0.2, -0.15) is 0 Å². The van der Waals surface area contributed by atoms with Gasteiger partial charge in [-0.25, -0.2) is 0 Å². The molecule has 0 saturated carbocycles. The number of carbonyl (C=O) groups excluding carboxylic acids is 1. The molecule has 0 fully saturated rings. The molecule has 2 rings (SSSR count). The zero-order valence-corrected chi connectivity index (χ0v) is 14.3. The summed E-state index contributed by atoms with van der Waals surface area (Å²) in [7, 11) is 1.85. The van der Waals surface area contributed by atoms with Crippen LogP contribution in [-0.2, 0) is 6.42 Å². The van der Waals surface area contributed by atoms with E-state index in [1.807, 2.05) is 54.4 Å². The van der Waals surface area contributed by atoms with Crippen molar-refractivity contribution in [3.05, 3.63) is 70.2 Å². The van der Waals surface area contributed by atoms with Crippen LogP contribution in [0.1, 0.15) is 22.3 Å². The molecule has 0 heterocycles. The third-order valence-electron chi connectivity index (χ3n) is 3.75. The molecular weight excluding hydrogens is 340 g/mol. The Kier molecular flexibility index (Phi) is 6.16. The van der Waals surface area contributed by atoms with Gasteiger partial charge in [0.15, 0.2) is 0 Å². The number of carbonyl (C=O) groups is 1. The molecule has 22 heavy (non-hydrogen) atoms. The van der Waals surface area contributed by atoms with Crippen LogP contribution >= 0.6 is 15.9 Å². The van der Waals surface area contributed by atoms with Crippen LogP contribution in [0.2, 0.25) is 0 Å². The molecule has 3 nitrogen and oxygen atoms in total. The van der Waals surface area contributed by atoms with Crippen LogP contribution in [0.25, 0.3) is 0 Å². The maximum absolute atomic E-state index is 12.7. The summed E-state index contributed by atoms with van der Waals surface area (Å²) in [4.78, 5) is 14.5. The summed E-state index contributed by atoms with van der Waals surface area (Å²) in [6, 6.07) is 17.8. The molecule has 1 unspecified atom stereocenters. The minimum absolute atomic E-state index is 0.0238. The molecule has 1 amide bonds. The molecule has 1 atom stereocenters. The molecule has 2 N–H and O–H groups in total. The molecular formula is C18H21BrN2O. The number of nitrogens with two attached hydrogens (primary N) is 1. The second kappa shape index (κ2) is 8.11. The fraction of sp³-hybridized carbons (Fsp3) is 0.278. The summed E-state index contributed by atoms with van der Waals surface area (Å²) in [5.41, 5.74) is 7.64. The molecule has 0 spiro atoms. The highest BCUT2D eigenvalue weighted by atomic mass is 79.9. The van der Waals surface area contributed by atoms with E-state index in [4.69, 9.17) is 5.73 Å². The number of likely N-dealkylation sites (N-methyl/N-ethyl adjacent to an activating group) is 1. The minimum Gasteiger partial charge on any atom is -0.338 e. The summed E-state index contributed by atoms with van der Waals surface area (Å²) in [6.07, 6.45) is 1.60. The van der Waals surface area contributed by atoms with Crippen molar-refractivity contribution in [3.63, 3.8) is 0 Å². The van der Waals surface area contributed by atoms with Crippen molar-refractivity contribution < 1.29 is 4.79 Å². The van der Waals surface area contributed by atoms with Crippen LogP contribution in [0.3, 0.4) is 0 Å². The van der Waals surface area contributed by atoms with Gasteiger partial charge in [0.2, 0.25) is 0 Å². The van der Waals surface area contributed by atoms with Gasteiger partial charge in [-0.1, -0.05) is 52.3 Å². The number of hydrogen-bond donors (Lipinski definition) is 1. The Morgan fingerprint density at radius 3 is 2.55 bits per heavy atom. The highest BCUT2D eigenvalue weighted by Crippen LogP contribution is 2.17. The number of benzene rings is 2. The lowest BCUT2D eigenvalue weighted by atomic mass is 10.0. The molecule has 0 aromatic heterocycles. The van der Waals surface area contributed by atoms with Crippen molar-refractivity contribution in [2.45, 2.75) is 18.9 Å². The number of hydrogen-bond acceptors (Lipinski definition) is 2. The Labute approximate surface area is 140 Å². The number of nitrogens with zero attached hydrogens (tertiary/aromatic N) is 1. The van der Waals surface area contributed by atoms with E-state index in [1.54, 1.807) is 0 Å². The van der Waals surface area contributed by atoms with Gasteiger partial charge in [0.25, 0.3) is 5.91 Å². The van der Waals surface area contributed by atoms with E-state index >= 15 is 0 Å². The van der Waals surface area contributed by atoms with Crippen molar-refractivity contribution in [1.82, 2.24) is 4.90 Å². The second-order valence-corrected chi connectivity index (χ2v) is 6.26. The number of halogens is 1. The predicted octanol–water partition coefficient (Wildman–Crippen LogP) is 3.48. The average molecular weight is 361 g/mol. The lowest BCUT2D eigenvalue weighted by Crippen LogP contribution is -2.39. The Balaban J connectivity index is 2.15. The van der Waals surface area contributed by atoms with Crippen molar-refractivity contribution in [1.29, 1.82) is 0 Å². The van der Waals surface area contributed by atoms with Gasteiger partial charge in [0.05, 0.1) is 0 Å². The maximum Gasteiger partial charge on any atom is 0.253 e.